The van der Waals surface area contributed by atoms with Crippen LogP contribution in [-0.4, -0.2) is 42.7 Å². The smallest absolute Gasteiger partial charge is 0.135 e. The van der Waals surface area contributed by atoms with Gasteiger partial charge in [0, 0.05) is 33.4 Å². The van der Waals surface area contributed by atoms with Crippen molar-refractivity contribution in [3.05, 3.63) is 47.5 Å². The van der Waals surface area contributed by atoms with Crippen LogP contribution in [0.3, 0.4) is 0 Å². The van der Waals surface area contributed by atoms with Gasteiger partial charge in [-0.2, -0.15) is 0 Å². The van der Waals surface area contributed by atoms with Crippen LogP contribution in [0.4, 0.5) is 0 Å². The zero-order valence-corrected chi connectivity index (χ0v) is 24.9. The Kier molecular flexibility index (Phi) is 8.45. The average molecular weight is 523 g/mol. The Bertz CT molecular complexity index is 1200. The lowest BCUT2D eigenvalue weighted by molar-refractivity contribution is 0.387. The van der Waals surface area contributed by atoms with Gasteiger partial charge in [0.05, 0.1) is 42.7 Å². The van der Waals surface area contributed by atoms with Crippen molar-refractivity contribution in [2.24, 2.45) is 0 Å². The van der Waals surface area contributed by atoms with Crippen LogP contribution in [0.2, 0.25) is 0 Å². The summed E-state index contributed by atoms with van der Waals surface area (Å²) in [5.74, 6) is 4.28. The maximum Gasteiger partial charge on any atom is 0.135 e. The molecule has 0 aliphatic rings. The van der Waals surface area contributed by atoms with E-state index in [2.05, 4.69) is 41.5 Å². The van der Waals surface area contributed by atoms with Gasteiger partial charge in [0.2, 0.25) is 0 Å². The van der Waals surface area contributed by atoms with Crippen LogP contribution in [0.5, 0.6) is 34.5 Å². The van der Waals surface area contributed by atoms with Gasteiger partial charge in [-0.15, -0.1) is 0 Å². The molecule has 0 aliphatic carbocycles. The highest BCUT2D eigenvalue weighted by molar-refractivity contribution is 5.89. The Morgan fingerprint density at radius 3 is 1.03 bits per heavy atom. The fraction of sp³-hybridized carbons (Fsp3) is 0.438. The summed E-state index contributed by atoms with van der Waals surface area (Å²) < 4.78 is 35.3. The Morgan fingerprint density at radius 2 is 0.763 bits per heavy atom. The molecule has 0 bridgehead atoms. The van der Waals surface area contributed by atoms with Crippen LogP contribution in [0.1, 0.15) is 52.7 Å². The van der Waals surface area contributed by atoms with E-state index < -0.39 is 0 Å². The predicted octanol–water partition coefficient (Wildman–Crippen LogP) is 7.67. The van der Waals surface area contributed by atoms with E-state index >= 15 is 0 Å². The minimum Gasteiger partial charge on any atom is -0.497 e. The van der Waals surface area contributed by atoms with Gasteiger partial charge in [0.15, 0.2) is 0 Å². The summed E-state index contributed by atoms with van der Waals surface area (Å²) >= 11 is 0. The molecule has 38 heavy (non-hydrogen) atoms. The number of methoxy groups -OCH3 is 6. The monoisotopic (exact) mass is 522 g/mol. The summed E-state index contributed by atoms with van der Waals surface area (Å²) in [7, 11) is 10.0. The van der Waals surface area contributed by atoms with Crippen molar-refractivity contribution < 1.29 is 28.4 Å². The van der Waals surface area contributed by atoms with Crippen molar-refractivity contribution in [2.45, 2.75) is 52.4 Å². The van der Waals surface area contributed by atoms with E-state index in [4.69, 9.17) is 28.4 Å². The minimum atomic E-state index is -0.139. The highest BCUT2D eigenvalue weighted by Crippen LogP contribution is 2.50. The molecule has 0 spiro atoms. The molecule has 0 saturated carbocycles. The van der Waals surface area contributed by atoms with E-state index in [-0.39, 0.29) is 10.8 Å². The molecule has 0 saturated heterocycles. The van der Waals surface area contributed by atoms with Gasteiger partial charge in [-0.25, -0.2) is 0 Å². The third-order valence-corrected chi connectivity index (χ3v) is 6.74. The van der Waals surface area contributed by atoms with Crippen molar-refractivity contribution in [1.82, 2.24) is 0 Å². The predicted molar refractivity (Wildman–Crippen MR) is 154 cm³/mol. The largest absolute Gasteiger partial charge is 0.497 e. The van der Waals surface area contributed by atoms with Crippen molar-refractivity contribution >= 4 is 0 Å². The first-order valence-electron chi connectivity index (χ1n) is 12.6. The molecule has 0 heterocycles. The number of benzene rings is 3. The number of rotatable bonds is 8. The fourth-order valence-corrected chi connectivity index (χ4v) is 4.73. The van der Waals surface area contributed by atoms with E-state index in [1.54, 1.807) is 42.7 Å². The van der Waals surface area contributed by atoms with Crippen molar-refractivity contribution in [2.75, 3.05) is 42.7 Å². The van der Waals surface area contributed by atoms with Crippen LogP contribution in [-0.2, 0) is 10.8 Å². The Morgan fingerprint density at radius 1 is 0.395 bits per heavy atom. The summed E-state index contributed by atoms with van der Waals surface area (Å²) in [5.41, 5.74) is 5.08. The van der Waals surface area contributed by atoms with Gasteiger partial charge in [0.1, 0.15) is 34.5 Å². The summed E-state index contributed by atoms with van der Waals surface area (Å²) in [6, 6.07) is 12.0. The molecule has 0 atom stereocenters. The van der Waals surface area contributed by atoms with E-state index in [1.165, 1.54) is 0 Å². The second kappa shape index (κ2) is 11.1. The molecular weight excluding hydrogens is 480 g/mol. The van der Waals surface area contributed by atoms with E-state index in [0.29, 0.717) is 23.0 Å². The molecule has 6 heteroatoms. The topological polar surface area (TPSA) is 55.4 Å². The zero-order valence-electron chi connectivity index (χ0n) is 24.9. The molecular formula is C32H42O6. The van der Waals surface area contributed by atoms with Crippen molar-refractivity contribution in [3.8, 4) is 56.8 Å². The van der Waals surface area contributed by atoms with Gasteiger partial charge < -0.3 is 28.4 Å². The first-order valence-corrected chi connectivity index (χ1v) is 12.6. The molecule has 0 aromatic heterocycles. The molecule has 3 aromatic rings. The first kappa shape index (κ1) is 29.0. The number of hydrogen-bond acceptors (Lipinski definition) is 6. The quantitative estimate of drug-likeness (QED) is 0.303. The Hall–Kier alpha value is -3.54. The first-order chi connectivity index (χ1) is 17.8. The van der Waals surface area contributed by atoms with Gasteiger partial charge in [-0.05, 0) is 47.2 Å². The zero-order chi connectivity index (χ0) is 28.4. The molecule has 0 aliphatic heterocycles. The lowest BCUT2D eigenvalue weighted by Gasteiger charge is -2.26. The molecule has 0 fully saturated rings. The van der Waals surface area contributed by atoms with Gasteiger partial charge in [-0.1, -0.05) is 41.5 Å². The average Bonchev–Trinajstić information content (AvgIpc) is 2.89. The van der Waals surface area contributed by atoms with E-state index in [0.717, 1.165) is 44.9 Å². The fourth-order valence-electron chi connectivity index (χ4n) is 4.73. The standard InChI is InChI=1S/C32H42O6/c1-31(2,3)24-17-26(34-8)20(15-28(24)36-10)22-13-19(33-7)14-23(30(22)38-12)21-16-29(37-11)25(32(4,5)6)18-27(21)35-9/h13-18H,1-12H3. The highest BCUT2D eigenvalue weighted by atomic mass is 16.5. The maximum absolute atomic E-state index is 6.08. The SMILES string of the molecule is COc1cc(-c2cc(OC)c(C(C)(C)C)cc2OC)c(OC)c(-c2cc(OC)c(C(C)(C)C)cc2OC)c1. The summed E-state index contributed by atoms with van der Waals surface area (Å²) in [6.07, 6.45) is 0. The van der Waals surface area contributed by atoms with Gasteiger partial charge in [0.25, 0.3) is 0 Å². The molecule has 0 amide bonds. The van der Waals surface area contributed by atoms with E-state index in [1.807, 2.05) is 36.4 Å². The molecule has 3 rings (SSSR count). The third kappa shape index (κ3) is 5.50. The Labute approximate surface area is 227 Å². The highest BCUT2D eigenvalue weighted by Gasteiger charge is 2.27. The molecule has 3 aromatic carbocycles. The molecule has 206 valence electrons. The van der Waals surface area contributed by atoms with Crippen LogP contribution in [0.25, 0.3) is 22.3 Å². The Balaban J connectivity index is 2.43. The molecule has 0 radical (unpaired) electrons. The summed E-state index contributed by atoms with van der Waals surface area (Å²) in [4.78, 5) is 0. The van der Waals surface area contributed by atoms with Crippen molar-refractivity contribution in [3.63, 3.8) is 0 Å². The lowest BCUT2D eigenvalue weighted by atomic mass is 9.83. The molecule has 6 nitrogen and oxygen atoms in total. The van der Waals surface area contributed by atoms with Gasteiger partial charge >= 0.3 is 0 Å². The normalized spacial score (nSPS) is 11.7. The van der Waals surface area contributed by atoms with Crippen molar-refractivity contribution in [1.29, 1.82) is 0 Å². The second-order valence-corrected chi connectivity index (χ2v) is 11.3. The summed E-state index contributed by atoms with van der Waals surface area (Å²) in [6.45, 7) is 12.9. The minimum absolute atomic E-state index is 0.139. The summed E-state index contributed by atoms with van der Waals surface area (Å²) in [5, 5.41) is 0. The van der Waals surface area contributed by atoms with Crippen LogP contribution >= 0.6 is 0 Å². The second-order valence-electron chi connectivity index (χ2n) is 11.3. The maximum atomic E-state index is 6.08. The van der Waals surface area contributed by atoms with Gasteiger partial charge in [-0.3, -0.25) is 0 Å². The van der Waals surface area contributed by atoms with Crippen LogP contribution < -0.4 is 28.4 Å². The van der Waals surface area contributed by atoms with Crippen LogP contribution in [0.15, 0.2) is 36.4 Å². The number of hydrogen-bond donors (Lipinski definition) is 0. The third-order valence-electron chi connectivity index (χ3n) is 6.74. The number of ether oxygens (including phenoxy) is 6. The molecule has 0 unspecified atom stereocenters. The molecule has 0 N–H and O–H groups in total. The van der Waals surface area contributed by atoms with E-state index in [9.17, 15) is 0 Å². The lowest BCUT2D eigenvalue weighted by Crippen LogP contribution is -2.13. The van der Waals surface area contributed by atoms with Crippen LogP contribution in [0, 0.1) is 0 Å².